The first-order valence-electron chi connectivity index (χ1n) is 7.59. The minimum Gasteiger partial charge on any atom is -0.354 e. The third-order valence-electron chi connectivity index (χ3n) is 3.78. The summed E-state index contributed by atoms with van der Waals surface area (Å²) < 4.78 is 0. The molecule has 112 valence electrons. The van der Waals surface area contributed by atoms with Gasteiger partial charge in [-0.2, -0.15) is 15.0 Å². The summed E-state index contributed by atoms with van der Waals surface area (Å²) in [5.41, 5.74) is 0.431. The fraction of sp³-hybridized carbons (Fsp3) is 0.786. The van der Waals surface area contributed by atoms with Gasteiger partial charge in [0.1, 0.15) is 0 Å². The van der Waals surface area contributed by atoms with Crippen molar-refractivity contribution in [2.75, 3.05) is 41.7 Å². The van der Waals surface area contributed by atoms with Crippen molar-refractivity contribution in [2.24, 2.45) is 5.41 Å². The van der Waals surface area contributed by atoms with Crippen LogP contribution in [0.3, 0.4) is 0 Å². The molecule has 0 bridgehead atoms. The van der Waals surface area contributed by atoms with E-state index in [1.807, 2.05) is 6.92 Å². The average molecular weight is 278 g/mol. The Hall–Kier alpha value is -1.59. The summed E-state index contributed by atoms with van der Waals surface area (Å²) in [4.78, 5) is 15.6. The molecule has 1 aromatic heterocycles. The van der Waals surface area contributed by atoms with Gasteiger partial charge in [-0.3, -0.25) is 0 Å². The van der Waals surface area contributed by atoms with Crippen LogP contribution in [0.4, 0.5) is 17.8 Å². The topological polar surface area (TPSA) is 66.0 Å². The van der Waals surface area contributed by atoms with E-state index in [9.17, 15) is 0 Å². The second kappa shape index (κ2) is 6.24. The molecular weight excluding hydrogens is 252 g/mol. The van der Waals surface area contributed by atoms with Gasteiger partial charge >= 0.3 is 0 Å². The van der Waals surface area contributed by atoms with E-state index in [-0.39, 0.29) is 0 Å². The Morgan fingerprint density at radius 1 is 1.00 bits per heavy atom. The summed E-state index contributed by atoms with van der Waals surface area (Å²) in [7, 11) is 0. The molecule has 0 aliphatic heterocycles. The van der Waals surface area contributed by atoms with Crippen LogP contribution >= 0.6 is 0 Å². The van der Waals surface area contributed by atoms with Crippen LogP contribution in [0.1, 0.15) is 40.5 Å². The van der Waals surface area contributed by atoms with Crippen LogP contribution in [0, 0.1) is 5.41 Å². The quantitative estimate of drug-likeness (QED) is 0.761. The van der Waals surface area contributed by atoms with Crippen molar-refractivity contribution in [2.45, 2.75) is 40.5 Å². The molecule has 0 saturated heterocycles. The van der Waals surface area contributed by atoms with Crippen molar-refractivity contribution in [1.29, 1.82) is 0 Å². The van der Waals surface area contributed by atoms with E-state index in [0.717, 1.165) is 32.1 Å². The Labute approximate surface area is 121 Å². The van der Waals surface area contributed by atoms with Crippen molar-refractivity contribution in [3.63, 3.8) is 0 Å². The molecule has 0 unspecified atom stereocenters. The molecule has 6 heteroatoms. The number of hydrogen-bond acceptors (Lipinski definition) is 6. The lowest BCUT2D eigenvalue weighted by Gasteiger charge is -2.20. The Morgan fingerprint density at radius 2 is 1.60 bits per heavy atom. The number of nitrogens with zero attached hydrogens (tertiary/aromatic N) is 4. The molecule has 0 aromatic carbocycles. The van der Waals surface area contributed by atoms with Crippen molar-refractivity contribution >= 4 is 17.8 Å². The van der Waals surface area contributed by atoms with E-state index in [2.05, 4.69) is 51.3 Å². The first-order valence-corrected chi connectivity index (χ1v) is 7.59. The zero-order chi connectivity index (χ0) is 14.6. The summed E-state index contributed by atoms with van der Waals surface area (Å²) in [6.45, 7) is 12.1. The highest BCUT2D eigenvalue weighted by molar-refractivity contribution is 5.43. The van der Waals surface area contributed by atoms with Crippen LogP contribution in [0.15, 0.2) is 0 Å². The highest BCUT2D eigenvalue weighted by Gasteiger charge is 2.37. The summed E-state index contributed by atoms with van der Waals surface area (Å²) in [5, 5.41) is 6.54. The lowest BCUT2D eigenvalue weighted by molar-refractivity contribution is 0.607. The third-order valence-corrected chi connectivity index (χ3v) is 3.78. The van der Waals surface area contributed by atoms with E-state index in [1.165, 1.54) is 12.8 Å². The number of hydrogen-bond donors (Lipinski definition) is 2. The maximum absolute atomic E-state index is 4.54. The van der Waals surface area contributed by atoms with Crippen LogP contribution in [0.5, 0.6) is 0 Å². The van der Waals surface area contributed by atoms with Gasteiger partial charge in [-0.1, -0.05) is 6.92 Å². The van der Waals surface area contributed by atoms with Crippen molar-refractivity contribution in [3.05, 3.63) is 0 Å². The lowest BCUT2D eigenvalue weighted by Crippen LogP contribution is -2.26. The lowest BCUT2D eigenvalue weighted by atomic mass is 10.1. The Kier molecular flexibility index (Phi) is 4.62. The van der Waals surface area contributed by atoms with E-state index >= 15 is 0 Å². The van der Waals surface area contributed by atoms with Crippen molar-refractivity contribution in [3.8, 4) is 0 Å². The molecule has 1 fully saturated rings. The monoisotopic (exact) mass is 278 g/mol. The van der Waals surface area contributed by atoms with E-state index < -0.39 is 0 Å². The van der Waals surface area contributed by atoms with Gasteiger partial charge in [0.15, 0.2) is 0 Å². The zero-order valence-corrected chi connectivity index (χ0v) is 13.0. The van der Waals surface area contributed by atoms with Gasteiger partial charge in [0.2, 0.25) is 17.8 Å². The molecule has 0 amide bonds. The first kappa shape index (κ1) is 14.8. The predicted molar refractivity (Wildman–Crippen MR) is 83.4 cm³/mol. The fourth-order valence-corrected chi connectivity index (χ4v) is 2.01. The average Bonchev–Trinajstić information content (AvgIpc) is 3.17. The third kappa shape index (κ3) is 3.71. The van der Waals surface area contributed by atoms with Crippen molar-refractivity contribution in [1.82, 2.24) is 15.0 Å². The molecule has 1 saturated carbocycles. The molecule has 1 aliphatic rings. The molecule has 6 nitrogen and oxygen atoms in total. The maximum Gasteiger partial charge on any atom is 0.231 e. The highest BCUT2D eigenvalue weighted by Crippen LogP contribution is 2.44. The molecule has 0 atom stereocenters. The summed E-state index contributed by atoms with van der Waals surface area (Å²) in [5.74, 6) is 2.06. The minimum absolute atomic E-state index is 0.431. The number of aromatic nitrogens is 3. The van der Waals surface area contributed by atoms with E-state index in [4.69, 9.17) is 0 Å². The molecule has 1 aromatic rings. The van der Waals surface area contributed by atoms with Gasteiger partial charge in [0.25, 0.3) is 0 Å². The first-order chi connectivity index (χ1) is 9.60. The van der Waals surface area contributed by atoms with Crippen LogP contribution < -0.4 is 15.5 Å². The molecular formula is C14H26N6. The van der Waals surface area contributed by atoms with Gasteiger partial charge in [-0.25, -0.2) is 0 Å². The Bertz CT molecular complexity index is 439. The molecule has 2 rings (SSSR count). The standard InChI is InChI=1S/C14H26N6/c1-5-15-11-17-12(16-10-14(4)8-9-14)19-13(18-11)20(6-2)7-3/h5-10H2,1-4H3,(H2,15,16,17,18,19). The van der Waals surface area contributed by atoms with Crippen molar-refractivity contribution < 1.29 is 0 Å². The van der Waals surface area contributed by atoms with Gasteiger partial charge in [-0.15, -0.1) is 0 Å². The largest absolute Gasteiger partial charge is 0.354 e. The minimum atomic E-state index is 0.431. The zero-order valence-electron chi connectivity index (χ0n) is 13.0. The molecule has 20 heavy (non-hydrogen) atoms. The second-order valence-corrected chi connectivity index (χ2v) is 5.65. The predicted octanol–water partition coefficient (Wildman–Crippen LogP) is 2.36. The van der Waals surface area contributed by atoms with Crippen LogP contribution in [-0.4, -0.2) is 41.1 Å². The Balaban J connectivity index is 2.15. The van der Waals surface area contributed by atoms with Crippen LogP contribution in [0.25, 0.3) is 0 Å². The van der Waals surface area contributed by atoms with Gasteiger partial charge < -0.3 is 15.5 Å². The smallest absolute Gasteiger partial charge is 0.231 e. The van der Waals surface area contributed by atoms with Gasteiger partial charge in [-0.05, 0) is 39.0 Å². The Morgan fingerprint density at radius 3 is 2.10 bits per heavy atom. The normalized spacial score (nSPS) is 15.8. The molecule has 1 aliphatic carbocycles. The van der Waals surface area contributed by atoms with E-state index in [1.54, 1.807) is 0 Å². The summed E-state index contributed by atoms with van der Waals surface area (Å²) in [6.07, 6.45) is 2.57. The number of anilines is 3. The molecule has 0 spiro atoms. The fourth-order valence-electron chi connectivity index (χ4n) is 2.01. The summed E-state index contributed by atoms with van der Waals surface area (Å²) in [6, 6.07) is 0. The number of rotatable bonds is 8. The maximum atomic E-state index is 4.54. The molecule has 0 radical (unpaired) electrons. The van der Waals surface area contributed by atoms with E-state index in [0.29, 0.717) is 17.3 Å². The highest BCUT2D eigenvalue weighted by atomic mass is 15.3. The second-order valence-electron chi connectivity index (χ2n) is 5.65. The van der Waals surface area contributed by atoms with Crippen LogP contribution in [0.2, 0.25) is 0 Å². The van der Waals surface area contributed by atoms with Crippen LogP contribution in [-0.2, 0) is 0 Å². The SMILES string of the molecule is CCNc1nc(NCC2(C)CC2)nc(N(CC)CC)n1. The van der Waals surface area contributed by atoms with Gasteiger partial charge in [0.05, 0.1) is 0 Å². The van der Waals surface area contributed by atoms with Gasteiger partial charge in [0, 0.05) is 26.2 Å². The molecule has 1 heterocycles. The molecule has 2 N–H and O–H groups in total. The summed E-state index contributed by atoms with van der Waals surface area (Å²) >= 11 is 0. The number of nitrogens with one attached hydrogen (secondary N) is 2.